The summed E-state index contributed by atoms with van der Waals surface area (Å²) in [6.07, 6.45) is 14.8. The minimum Gasteiger partial charge on any atom is -0.462 e. The molecular weight excluding hydrogens is 200 g/mol. The monoisotopic (exact) mass is 220 g/mol. The molecule has 0 bridgehead atoms. The van der Waals surface area contributed by atoms with Crippen molar-refractivity contribution in [1.82, 2.24) is 0 Å². The third-order valence-electron chi connectivity index (χ3n) is 3.47. The Morgan fingerprint density at radius 2 is 1.81 bits per heavy atom. The molecule has 2 heteroatoms. The lowest BCUT2D eigenvalue weighted by Gasteiger charge is -2.28. The third kappa shape index (κ3) is 2.55. The molecule has 2 aliphatic rings. The number of allylic oxidation sites excluding steroid dienone is 2. The summed E-state index contributed by atoms with van der Waals surface area (Å²) in [6, 6.07) is 0. The summed E-state index contributed by atoms with van der Waals surface area (Å²) in [4.78, 5) is 12.1. The fourth-order valence-corrected chi connectivity index (χ4v) is 2.36. The Labute approximate surface area is 97.4 Å². The first-order chi connectivity index (χ1) is 7.71. The van der Waals surface area contributed by atoms with Crippen molar-refractivity contribution in [2.45, 2.75) is 51.6 Å². The van der Waals surface area contributed by atoms with E-state index < -0.39 is 5.41 Å². The Hall–Kier alpha value is -1.05. The van der Waals surface area contributed by atoms with Crippen LogP contribution in [0.2, 0.25) is 0 Å². The van der Waals surface area contributed by atoms with E-state index in [2.05, 4.69) is 0 Å². The van der Waals surface area contributed by atoms with Crippen LogP contribution in [0.5, 0.6) is 0 Å². The molecule has 1 saturated carbocycles. The Kier molecular flexibility index (Phi) is 3.47. The molecule has 2 rings (SSSR count). The van der Waals surface area contributed by atoms with Crippen molar-refractivity contribution >= 4 is 5.97 Å². The van der Waals surface area contributed by atoms with Gasteiger partial charge in [-0.1, -0.05) is 30.7 Å². The zero-order valence-electron chi connectivity index (χ0n) is 9.95. The second-order valence-electron chi connectivity index (χ2n) is 4.99. The second kappa shape index (κ2) is 4.86. The van der Waals surface area contributed by atoms with Gasteiger partial charge in [-0.05, 0) is 39.0 Å². The predicted octanol–water partition coefficient (Wildman–Crippen LogP) is 3.38. The number of esters is 1. The molecule has 16 heavy (non-hydrogen) atoms. The molecule has 0 aromatic heterocycles. The van der Waals surface area contributed by atoms with Gasteiger partial charge in [-0.2, -0.15) is 0 Å². The van der Waals surface area contributed by atoms with Gasteiger partial charge < -0.3 is 4.74 Å². The Morgan fingerprint density at radius 1 is 1.19 bits per heavy atom. The lowest BCUT2D eigenvalue weighted by atomic mass is 9.86. The fourth-order valence-electron chi connectivity index (χ4n) is 2.36. The summed E-state index contributed by atoms with van der Waals surface area (Å²) in [5.41, 5.74) is -0.532. The van der Waals surface area contributed by atoms with Gasteiger partial charge in [0.15, 0.2) is 0 Å². The van der Waals surface area contributed by atoms with Crippen LogP contribution in [0.15, 0.2) is 24.3 Å². The maximum Gasteiger partial charge on any atom is 0.319 e. The quantitative estimate of drug-likeness (QED) is 0.526. The molecule has 88 valence electrons. The van der Waals surface area contributed by atoms with Crippen LogP contribution in [0, 0.1) is 5.41 Å². The van der Waals surface area contributed by atoms with E-state index in [1.54, 1.807) is 0 Å². The highest BCUT2D eigenvalue weighted by Crippen LogP contribution is 2.29. The minimum atomic E-state index is -0.532. The van der Waals surface area contributed by atoms with E-state index in [-0.39, 0.29) is 12.1 Å². The second-order valence-corrected chi connectivity index (χ2v) is 4.99. The van der Waals surface area contributed by atoms with E-state index in [9.17, 15) is 4.79 Å². The zero-order chi connectivity index (χ0) is 11.4. The van der Waals surface area contributed by atoms with Gasteiger partial charge in [-0.15, -0.1) is 0 Å². The van der Waals surface area contributed by atoms with Crippen molar-refractivity contribution in [1.29, 1.82) is 0 Å². The molecule has 2 aliphatic carbocycles. The van der Waals surface area contributed by atoms with Crippen LogP contribution in [-0.4, -0.2) is 12.1 Å². The van der Waals surface area contributed by atoms with Crippen LogP contribution in [0.25, 0.3) is 0 Å². The van der Waals surface area contributed by atoms with E-state index in [1.807, 2.05) is 31.2 Å². The van der Waals surface area contributed by atoms with Gasteiger partial charge in [0.1, 0.15) is 11.5 Å². The summed E-state index contributed by atoms with van der Waals surface area (Å²) >= 11 is 0. The maximum atomic E-state index is 12.1. The van der Waals surface area contributed by atoms with Gasteiger partial charge in [0.25, 0.3) is 0 Å². The maximum absolute atomic E-state index is 12.1. The molecule has 0 aliphatic heterocycles. The van der Waals surface area contributed by atoms with Crippen LogP contribution < -0.4 is 0 Å². The number of ether oxygens (including phenoxy) is 1. The van der Waals surface area contributed by atoms with Gasteiger partial charge in [0, 0.05) is 0 Å². The highest BCUT2D eigenvalue weighted by Gasteiger charge is 2.32. The summed E-state index contributed by atoms with van der Waals surface area (Å²) in [5, 5.41) is 0. The lowest BCUT2D eigenvalue weighted by Crippen LogP contribution is -2.31. The molecule has 0 heterocycles. The summed E-state index contributed by atoms with van der Waals surface area (Å²) in [5.74, 6) is -0.0911. The van der Waals surface area contributed by atoms with Crippen molar-refractivity contribution in [3.63, 3.8) is 0 Å². The van der Waals surface area contributed by atoms with Gasteiger partial charge >= 0.3 is 5.97 Å². The molecule has 0 saturated heterocycles. The van der Waals surface area contributed by atoms with Gasteiger partial charge in [0.2, 0.25) is 0 Å². The van der Waals surface area contributed by atoms with E-state index >= 15 is 0 Å². The van der Waals surface area contributed by atoms with Crippen molar-refractivity contribution in [3.8, 4) is 0 Å². The fraction of sp³-hybridized carbons (Fsp3) is 0.643. The van der Waals surface area contributed by atoms with E-state index in [4.69, 9.17) is 4.74 Å². The van der Waals surface area contributed by atoms with Crippen molar-refractivity contribution in [3.05, 3.63) is 24.3 Å². The standard InChI is InChI=1S/C14H20O2/c1-14(10-6-3-7-11-14)13(15)16-12-8-4-2-5-9-12/h6-7,10-12H,2-5,8-9H2,1H3. The molecule has 0 N–H and O–H groups in total. The number of carbonyl (C=O) groups excluding carboxylic acids is 1. The van der Waals surface area contributed by atoms with Crippen LogP contribution >= 0.6 is 0 Å². The molecule has 0 aromatic rings. The molecule has 0 radical (unpaired) electrons. The smallest absolute Gasteiger partial charge is 0.319 e. The highest BCUT2D eigenvalue weighted by atomic mass is 16.5. The Balaban J connectivity index is 1.93. The molecule has 0 unspecified atom stereocenters. The third-order valence-corrected chi connectivity index (χ3v) is 3.47. The summed E-state index contributed by atoms with van der Waals surface area (Å²) in [6.45, 7) is 1.92. The Bertz CT molecular complexity index is 297. The largest absolute Gasteiger partial charge is 0.462 e. The normalized spacial score (nSPS) is 24.3. The van der Waals surface area contributed by atoms with Gasteiger partial charge in [-0.3, -0.25) is 4.79 Å². The van der Waals surface area contributed by atoms with Crippen molar-refractivity contribution in [2.24, 2.45) is 5.41 Å². The minimum absolute atomic E-state index is 0.0911. The summed E-state index contributed by atoms with van der Waals surface area (Å²) < 4.78 is 5.59. The Morgan fingerprint density at radius 3 is 2.44 bits per heavy atom. The molecule has 1 fully saturated rings. The van der Waals surface area contributed by atoms with Crippen LogP contribution in [0.4, 0.5) is 0 Å². The molecular formula is C14H20O2. The number of hydrogen-bond acceptors (Lipinski definition) is 2. The van der Waals surface area contributed by atoms with Gasteiger partial charge in [-0.25, -0.2) is 0 Å². The molecule has 0 aromatic carbocycles. The summed E-state index contributed by atoms with van der Waals surface area (Å²) in [7, 11) is 0. The number of hydrogen-bond donors (Lipinski definition) is 0. The van der Waals surface area contributed by atoms with E-state index in [0.717, 1.165) is 19.3 Å². The van der Waals surface area contributed by atoms with Crippen LogP contribution in [-0.2, 0) is 9.53 Å². The number of carbonyl (C=O) groups is 1. The average Bonchev–Trinajstić information content (AvgIpc) is 2.31. The molecule has 0 spiro atoms. The van der Waals surface area contributed by atoms with Crippen molar-refractivity contribution in [2.75, 3.05) is 0 Å². The molecule has 0 atom stereocenters. The SMILES string of the molecule is CC1(C(=O)OC2CCCCC2)C=CCC=C1. The predicted molar refractivity (Wildman–Crippen MR) is 64.0 cm³/mol. The molecule has 0 amide bonds. The first kappa shape index (κ1) is 11.4. The molecule has 2 nitrogen and oxygen atoms in total. The van der Waals surface area contributed by atoms with Crippen LogP contribution in [0.1, 0.15) is 45.4 Å². The van der Waals surface area contributed by atoms with Gasteiger partial charge in [0.05, 0.1) is 0 Å². The zero-order valence-corrected chi connectivity index (χ0v) is 9.95. The first-order valence-corrected chi connectivity index (χ1v) is 6.27. The highest BCUT2D eigenvalue weighted by molar-refractivity contribution is 5.81. The topological polar surface area (TPSA) is 26.3 Å². The van der Waals surface area contributed by atoms with Crippen LogP contribution in [0.3, 0.4) is 0 Å². The lowest BCUT2D eigenvalue weighted by molar-refractivity contribution is -0.156. The number of rotatable bonds is 2. The first-order valence-electron chi connectivity index (χ1n) is 6.27. The van der Waals surface area contributed by atoms with E-state index in [1.165, 1.54) is 19.3 Å². The average molecular weight is 220 g/mol. The van der Waals surface area contributed by atoms with Crippen molar-refractivity contribution < 1.29 is 9.53 Å². The van der Waals surface area contributed by atoms with E-state index in [0.29, 0.717) is 0 Å².